The maximum Gasteiger partial charge on any atom is 0.319 e. The van der Waals surface area contributed by atoms with Crippen molar-refractivity contribution in [2.45, 2.75) is 18.9 Å². The zero-order valence-corrected chi connectivity index (χ0v) is 16.9. The van der Waals surface area contributed by atoms with Crippen molar-refractivity contribution in [2.75, 3.05) is 31.7 Å². The SMILES string of the molecule is O=C(Nc1ccccc1)NC1CCN(C(=O)CNC(=O)c2ccc3c(c2)OCO3)CC1. The molecule has 4 rings (SSSR count). The molecule has 9 nitrogen and oxygen atoms in total. The maximum atomic E-state index is 12.5. The van der Waals surface area contributed by atoms with E-state index in [1.807, 2.05) is 30.3 Å². The Morgan fingerprint density at radius 1 is 0.968 bits per heavy atom. The van der Waals surface area contributed by atoms with E-state index in [2.05, 4.69) is 16.0 Å². The number of likely N-dealkylation sites (tertiary alicyclic amines) is 1. The monoisotopic (exact) mass is 424 g/mol. The van der Waals surface area contributed by atoms with Crippen LogP contribution in [0.25, 0.3) is 0 Å². The van der Waals surface area contributed by atoms with Gasteiger partial charge in [-0.25, -0.2) is 4.79 Å². The minimum atomic E-state index is -0.346. The zero-order chi connectivity index (χ0) is 21.6. The molecule has 2 aromatic rings. The van der Waals surface area contributed by atoms with Crippen molar-refractivity contribution in [3.63, 3.8) is 0 Å². The first-order valence-electron chi connectivity index (χ1n) is 10.2. The fraction of sp³-hybridized carbons (Fsp3) is 0.318. The standard InChI is InChI=1S/C22H24N4O5/c27-20(13-23-21(28)15-6-7-18-19(12-15)31-14-30-18)26-10-8-17(9-11-26)25-22(29)24-16-4-2-1-3-5-16/h1-7,12,17H,8-11,13-14H2,(H,23,28)(H2,24,25,29). The van der Waals surface area contributed by atoms with Gasteiger partial charge in [0.05, 0.1) is 6.54 Å². The Balaban J connectivity index is 1.19. The summed E-state index contributed by atoms with van der Waals surface area (Å²) in [6, 6.07) is 13.9. The molecule has 0 bridgehead atoms. The molecule has 2 heterocycles. The quantitative estimate of drug-likeness (QED) is 0.680. The van der Waals surface area contributed by atoms with Crippen LogP contribution in [0.5, 0.6) is 11.5 Å². The Kier molecular flexibility index (Phi) is 6.21. The third-order valence-electron chi connectivity index (χ3n) is 5.25. The first kappa shape index (κ1) is 20.5. The molecule has 0 unspecified atom stereocenters. The summed E-state index contributed by atoms with van der Waals surface area (Å²) >= 11 is 0. The predicted octanol–water partition coefficient (Wildman–Crippen LogP) is 1.96. The second-order valence-electron chi connectivity index (χ2n) is 7.37. The Morgan fingerprint density at radius 2 is 1.71 bits per heavy atom. The van der Waals surface area contributed by atoms with E-state index in [1.54, 1.807) is 23.1 Å². The summed E-state index contributed by atoms with van der Waals surface area (Å²) in [5, 5.41) is 8.38. The number of urea groups is 1. The van der Waals surface area contributed by atoms with E-state index in [9.17, 15) is 14.4 Å². The number of benzene rings is 2. The molecule has 4 amide bonds. The number of carbonyl (C=O) groups excluding carboxylic acids is 3. The minimum absolute atomic E-state index is 0.00372. The van der Waals surface area contributed by atoms with E-state index in [0.29, 0.717) is 43.0 Å². The van der Waals surface area contributed by atoms with Crippen LogP contribution in [-0.2, 0) is 4.79 Å². The number of fused-ring (bicyclic) bond motifs is 1. The predicted molar refractivity (Wildman–Crippen MR) is 113 cm³/mol. The lowest BCUT2D eigenvalue weighted by atomic mass is 10.1. The van der Waals surface area contributed by atoms with Gasteiger partial charge in [0.25, 0.3) is 5.91 Å². The number of ether oxygens (including phenoxy) is 2. The fourth-order valence-electron chi connectivity index (χ4n) is 3.55. The highest BCUT2D eigenvalue weighted by Crippen LogP contribution is 2.32. The average molecular weight is 424 g/mol. The molecule has 2 aromatic carbocycles. The average Bonchev–Trinajstić information content (AvgIpc) is 3.26. The molecule has 2 aliphatic heterocycles. The second kappa shape index (κ2) is 9.38. The van der Waals surface area contributed by atoms with Crippen molar-refractivity contribution in [1.82, 2.24) is 15.5 Å². The smallest absolute Gasteiger partial charge is 0.319 e. The van der Waals surface area contributed by atoms with Crippen LogP contribution in [0.1, 0.15) is 23.2 Å². The second-order valence-corrected chi connectivity index (χ2v) is 7.37. The van der Waals surface area contributed by atoms with E-state index in [4.69, 9.17) is 9.47 Å². The van der Waals surface area contributed by atoms with Crippen molar-refractivity contribution in [3.8, 4) is 11.5 Å². The summed E-state index contributed by atoms with van der Waals surface area (Å²) in [6.07, 6.45) is 1.31. The molecule has 9 heteroatoms. The fourth-order valence-corrected chi connectivity index (χ4v) is 3.55. The first-order chi connectivity index (χ1) is 15.1. The molecule has 0 radical (unpaired) electrons. The van der Waals surface area contributed by atoms with Gasteiger partial charge in [0, 0.05) is 30.4 Å². The normalized spacial score (nSPS) is 15.3. The molecule has 0 atom stereocenters. The molecule has 1 saturated heterocycles. The Bertz CT molecular complexity index is 958. The van der Waals surface area contributed by atoms with Gasteiger partial charge in [0.15, 0.2) is 11.5 Å². The number of nitrogens with zero attached hydrogens (tertiary/aromatic N) is 1. The lowest BCUT2D eigenvalue weighted by molar-refractivity contribution is -0.131. The molecule has 2 aliphatic rings. The molecule has 1 fully saturated rings. The molecule has 0 aromatic heterocycles. The number of carbonyl (C=O) groups is 3. The lowest BCUT2D eigenvalue weighted by Crippen LogP contribution is -2.49. The van der Waals surface area contributed by atoms with Crippen LogP contribution in [0.15, 0.2) is 48.5 Å². The Morgan fingerprint density at radius 3 is 2.48 bits per heavy atom. The van der Waals surface area contributed by atoms with Crippen molar-refractivity contribution >= 4 is 23.5 Å². The zero-order valence-electron chi connectivity index (χ0n) is 16.9. The number of anilines is 1. The van der Waals surface area contributed by atoms with Gasteiger partial charge in [-0.15, -0.1) is 0 Å². The topological polar surface area (TPSA) is 109 Å². The highest BCUT2D eigenvalue weighted by atomic mass is 16.7. The summed E-state index contributed by atoms with van der Waals surface area (Å²) in [6.45, 7) is 1.10. The number of nitrogens with one attached hydrogen (secondary N) is 3. The van der Waals surface area contributed by atoms with Crippen molar-refractivity contribution in [3.05, 3.63) is 54.1 Å². The van der Waals surface area contributed by atoms with Gasteiger partial charge in [-0.05, 0) is 43.2 Å². The molecule has 162 valence electrons. The number of piperidine rings is 1. The summed E-state index contributed by atoms with van der Waals surface area (Å²) in [4.78, 5) is 38.6. The van der Waals surface area contributed by atoms with Gasteiger partial charge < -0.3 is 30.3 Å². The molecule has 0 saturated carbocycles. The maximum absolute atomic E-state index is 12.5. The largest absolute Gasteiger partial charge is 0.454 e. The van der Waals surface area contributed by atoms with Gasteiger partial charge in [-0.2, -0.15) is 0 Å². The van der Waals surface area contributed by atoms with Gasteiger partial charge in [0.2, 0.25) is 12.7 Å². The van der Waals surface area contributed by atoms with E-state index in [0.717, 1.165) is 5.69 Å². The molecular formula is C22H24N4O5. The van der Waals surface area contributed by atoms with Crippen LogP contribution in [0.4, 0.5) is 10.5 Å². The molecule has 31 heavy (non-hydrogen) atoms. The molecular weight excluding hydrogens is 400 g/mol. The number of hydrogen-bond acceptors (Lipinski definition) is 5. The lowest BCUT2D eigenvalue weighted by Gasteiger charge is -2.32. The molecule has 0 aliphatic carbocycles. The third-order valence-corrected chi connectivity index (χ3v) is 5.25. The third kappa shape index (κ3) is 5.25. The number of para-hydroxylation sites is 1. The minimum Gasteiger partial charge on any atom is -0.454 e. The van der Waals surface area contributed by atoms with Crippen LogP contribution < -0.4 is 25.4 Å². The summed E-state index contributed by atoms with van der Waals surface area (Å²) < 4.78 is 10.5. The summed E-state index contributed by atoms with van der Waals surface area (Å²) in [7, 11) is 0. The summed E-state index contributed by atoms with van der Waals surface area (Å²) in [5.41, 5.74) is 1.13. The number of rotatable bonds is 5. The Labute approximate surface area is 179 Å². The van der Waals surface area contributed by atoms with Crippen LogP contribution in [-0.4, -0.2) is 55.2 Å². The Hall–Kier alpha value is -3.75. The molecule has 0 spiro atoms. The van der Waals surface area contributed by atoms with E-state index < -0.39 is 0 Å². The first-order valence-corrected chi connectivity index (χ1v) is 10.2. The van der Waals surface area contributed by atoms with Crippen LogP contribution >= 0.6 is 0 Å². The highest BCUT2D eigenvalue weighted by Gasteiger charge is 2.24. The summed E-state index contributed by atoms with van der Waals surface area (Å²) in [5.74, 6) is 0.619. The van der Waals surface area contributed by atoms with Crippen LogP contribution in [0.3, 0.4) is 0 Å². The van der Waals surface area contributed by atoms with Gasteiger partial charge >= 0.3 is 6.03 Å². The van der Waals surface area contributed by atoms with Gasteiger partial charge in [-0.3, -0.25) is 9.59 Å². The van der Waals surface area contributed by atoms with E-state index in [1.165, 1.54) is 0 Å². The number of hydrogen-bond donors (Lipinski definition) is 3. The van der Waals surface area contributed by atoms with Crippen molar-refractivity contribution in [2.24, 2.45) is 0 Å². The van der Waals surface area contributed by atoms with E-state index >= 15 is 0 Å². The van der Waals surface area contributed by atoms with Crippen LogP contribution in [0.2, 0.25) is 0 Å². The molecule has 3 N–H and O–H groups in total. The highest BCUT2D eigenvalue weighted by molar-refractivity contribution is 5.97. The van der Waals surface area contributed by atoms with Crippen molar-refractivity contribution in [1.29, 1.82) is 0 Å². The van der Waals surface area contributed by atoms with Gasteiger partial charge in [-0.1, -0.05) is 18.2 Å². The van der Waals surface area contributed by atoms with Gasteiger partial charge in [0.1, 0.15) is 0 Å². The van der Waals surface area contributed by atoms with Crippen LogP contribution in [0, 0.1) is 0 Å². The van der Waals surface area contributed by atoms with E-state index in [-0.39, 0.29) is 37.2 Å². The number of amides is 4. The van der Waals surface area contributed by atoms with Crippen molar-refractivity contribution < 1.29 is 23.9 Å².